The minimum atomic E-state index is -4.64. The molecule has 30 heavy (non-hydrogen) atoms. The van der Waals surface area contributed by atoms with Gasteiger partial charge in [0.05, 0.1) is 16.1 Å². The van der Waals surface area contributed by atoms with Crippen molar-refractivity contribution in [1.82, 2.24) is 0 Å². The van der Waals surface area contributed by atoms with E-state index in [0.29, 0.717) is 11.1 Å². The Hall–Kier alpha value is -2.22. The molecule has 0 atom stereocenters. The van der Waals surface area contributed by atoms with Gasteiger partial charge in [-0.15, -0.1) is 0 Å². The standard InChI is InChI=1S/C22H29F3N2O2S/c1-12(2)15-7-19(13(3)4)21(20(8-15)14(5)6)30(28,29)27-18-10-16(22(23,24)25)9-17(26)11-18/h7-14,27H,26H2,1-6H3. The molecule has 0 aliphatic rings. The highest BCUT2D eigenvalue weighted by Gasteiger charge is 2.32. The highest BCUT2D eigenvalue weighted by molar-refractivity contribution is 7.92. The highest BCUT2D eigenvalue weighted by Crippen LogP contribution is 2.37. The number of anilines is 2. The molecule has 2 aromatic carbocycles. The molecule has 0 aliphatic carbocycles. The number of alkyl halides is 3. The van der Waals surface area contributed by atoms with E-state index in [1.54, 1.807) is 0 Å². The van der Waals surface area contributed by atoms with Crippen molar-refractivity contribution in [3.63, 3.8) is 0 Å². The third-order valence-electron chi connectivity index (χ3n) is 4.88. The van der Waals surface area contributed by atoms with Crippen LogP contribution in [0.2, 0.25) is 0 Å². The molecule has 0 saturated heterocycles. The summed E-state index contributed by atoms with van der Waals surface area (Å²) in [5.41, 5.74) is 6.47. The summed E-state index contributed by atoms with van der Waals surface area (Å²) in [6, 6.07) is 6.45. The molecule has 0 unspecified atom stereocenters. The van der Waals surface area contributed by atoms with Crippen molar-refractivity contribution in [2.24, 2.45) is 0 Å². The fraction of sp³-hybridized carbons (Fsp3) is 0.455. The van der Waals surface area contributed by atoms with Gasteiger partial charge in [-0.05, 0) is 52.6 Å². The monoisotopic (exact) mass is 442 g/mol. The van der Waals surface area contributed by atoms with Crippen LogP contribution in [-0.4, -0.2) is 8.42 Å². The molecule has 166 valence electrons. The summed E-state index contributed by atoms with van der Waals surface area (Å²) in [7, 11) is -4.16. The zero-order valence-corrected chi connectivity index (χ0v) is 18.9. The van der Waals surface area contributed by atoms with E-state index in [1.165, 1.54) is 6.07 Å². The third kappa shape index (κ3) is 5.28. The Morgan fingerprint density at radius 3 is 1.73 bits per heavy atom. The van der Waals surface area contributed by atoms with E-state index in [0.717, 1.165) is 17.7 Å². The molecular weight excluding hydrogens is 413 g/mol. The quantitative estimate of drug-likeness (QED) is 0.504. The molecule has 0 bridgehead atoms. The first-order chi connectivity index (χ1) is 13.6. The molecule has 2 rings (SSSR count). The number of nitrogen functional groups attached to an aromatic ring is 1. The third-order valence-corrected chi connectivity index (χ3v) is 6.40. The highest BCUT2D eigenvalue weighted by atomic mass is 32.2. The second-order valence-corrected chi connectivity index (χ2v) is 10.1. The van der Waals surface area contributed by atoms with Crippen LogP contribution in [0.3, 0.4) is 0 Å². The van der Waals surface area contributed by atoms with Gasteiger partial charge in [0, 0.05) is 5.69 Å². The SMILES string of the molecule is CC(C)c1cc(C(C)C)c(S(=O)(=O)Nc2cc(N)cc(C(F)(F)F)c2)c(C(C)C)c1. The number of hydrogen-bond donors (Lipinski definition) is 2. The Bertz CT molecular complexity index is 998. The van der Waals surface area contributed by atoms with E-state index in [1.807, 2.05) is 53.7 Å². The molecule has 0 amide bonds. The number of rotatable bonds is 6. The first-order valence-electron chi connectivity index (χ1n) is 9.81. The van der Waals surface area contributed by atoms with Crippen molar-refractivity contribution in [1.29, 1.82) is 0 Å². The van der Waals surface area contributed by atoms with Gasteiger partial charge in [-0.2, -0.15) is 13.2 Å². The average molecular weight is 443 g/mol. The van der Waals surface area contributed by atoms with Crippen molar-refractivity contribution in [3.05, 3.63) is 52.6 Å². The van der Waals surface area contributed by atoms with E-state index in [2.05, 4.69) is 4.72 Å². The maximum Gasteiger partial charge on any atom is 0.416 e. The van der Waals surface area contributed by atoms with Crippen LogP contribution in [-0.2, 0) is 16.2 Å². The maximum atomic E-state index is 13.4. The van der Waals surface area contributed by atoms with Crippen molar-refractivity contribution in [2.45, 2.75) is 70.4 Å². The molecular formula is C22H29F3N2O2S. The second kappa shape index (κ2) is 8.49. The predicted molar refractivity (Wildman–Crippen MR) is 115 cm³/mol. The predicted octanol–water partition coefficient (Wildman–Crippen LogP) is 6.46. The van der Waals surface area contributed by atoms with E-state index in [-0.39, 0.29) is 34.0 Å². The van der Waals surface area contributed by atoms with Crippen LogP contribution in [0.25, 0.3) is 0 Å². The Kier molecular flexibility index (Phi) is 6.81. The lowest BCUT2D eigenvalue weighted by molar-refractivity contribution is -0.137. The number of halogens is 3. The van der Waals surface area contributed by atoms with Gasteiger partial charge in [-0.25, -0.2) is 8.42 Å². The minimum Gasteiger partial charge on any atom is -0.399 e. The smallest absolute Gasteiger partial charge is 0.399 e. The van der Waals surface area contributed by atoms with Crippen LogP contribution in [0.4, 0.5) is 24.5 Å². The molecule has 0 radical (unpaired) electrons. The molecule has 2 aromatic rings. The molecule has 3 N–H and O–H groups in total. The Labute approximate surface area is 176 Å². The Morgan fingerprint density at radius 1 is 0.833 bits per heavy atom. The first kappa shape index (κ1) is 24.1. The van der Waals surface area contributed by atoms with E-state index >= 15 is 0 Å². The summed E-state index contributed by atoms with van der Waals surface area (Å²) in [4.78, 5) is 0.118. The number of hydrogen-bond acceptors (Lipinski definition) is 3. The van der Waals surface area contributed by atoms with Crippen molar-refractivity contribution < 1.29 is 21.6 Å². The van der Waals surface area contributed by atoms with Crippen LogP contribution in [0, 0.1) is 0 Å². The van der Waals surface area contributed by atoms with Crippen LogP contribution >= 0.6 is 0 Å². The molecule has 8 heteroatoms. The first-order valence-corrected chi connectivity index (χ1v) is 11.3. The number of nitrogens with two attached hydrogens (primary N) is 1. The van der Waals surface area contributed by atoms with Gasteiger partial charge in [0.25, 0.3) is 10.0 Å². The lowest BCUT2D eigenvalue weighted by Gasteiger charge is -2.23. The molecule has 0 spiro atoms. The summed E-state index contributed by atoms with van der Waals surface area (Å²) in [6.45, 7) is 11.6. The molecule has 0 aromatic heterocycles. The number of benzene rings is 2. The van der Waals surface area contributed by atoms with Gasteiger partial charge in [0.15, 0.2) is 0 Å². The largest absolute Gasteiger partial charge is 0.416 e. The van der Waals surface area contributed by atoms with Gasteiger partial charge in [0.1, 0.15) is 0 Å². The van der Waals surface area contributed by atoms with Gasteiger partial charge in [-0.3, -0.25) is 4.72 Å². The number of sulfonamides is 1. The summed E-state index contributed by atoms with van der Waals surface area (Å²) in [5.74, 6) is 0.00619. The minimum absolute atomic E-state index is 0.0978. The lowest BCUT2D eigenvalue weighted by Crippen LogP contribution is -2.19. The Morgan fingerprint density at radius 2 is 1.33 bits per heavy atom. The second-order valence-electron chi connectivity index (χ2n) is 8.44. The van der Waals surface area contributed by atoms with Crippen molar-refractivity contribution in [2.75, 3.05) is 10.5 Å². The van der Waals surface area contributed by atoms with Crippen molar-refractivity contribution >= 4 is 21.4 Å². The zero-order valence-electron chi connectivity index (χ0n) is 18.1. The molecule has 0 aliphatic heterocycles. The van der Waals surface area contributed by atoms with E-state index in [9.17, 15) is 21.6 Å². The fourth-order valence-electron chi connectivity index (χ4n) is 3.28. The molecule has 0 saturated carbocycles. The van der Waals surface area contributed by atoms with E-state index in [4.69, 9.17) is 5.73 Å². The zero-order chi connectivity index (χ0) is 23.0. The van der Waals surface area contributed by atoms with Crippen molar-refractivity contribution in [3.8, 4) is 0 Å². The molecule has 4 nitrogen and oxygen atoms in total. The summed E-state index contributed by atoms with van der Waals surface area (Å²) < 4.78 is 68.5. The van der Waals surface area contributed by atoms with Gasteiger partial charge in [0.2, 0.25) is 0 Å². The molecule has 0 fully saturated rings. The topological polar surface area (TPSA) is 72.2 Å². The summed E-state index contributed by atoms with van der Waals surface area (Å²) in [6.07, 6.45) is -4.64. The average Bonchev–Trinajstić information content (AvgIpc) is 2.58. The van der Waals surface area contributed by atoms with Crippen LogP contribution in [0.15, 0.2) is 35.2 Å². The maximum absolute atomic E-state index is 13.4. The van der Waals surface area contributed by atoms with Gasteiger partial charge in [-0.1, -0.05) is 53.7 Å². The summed E-state index contributed by atoms with van der Waals surface area (Å²) >= 11 is 0. The van der Waals surface area contributed by atoms with E-state index < -0.39 is 21.8 Å². The lowest BCUT2D eigenvalue weighted by atomic mass is 9.89. The molecule has 0 heterocycles. The Balaban J connectivity index is 2.69. The number of nitrogens with one attached hydrogen (secondary N) is 1. The van der Waals surface area contributed by atoms with Gasteiger partial charge >= 0.3 is 6.18 Å². The normalized spacial score (nSPS) is 12.8. The van der Waals surface area contributed by atoms with Crippen LogP contribution in [0.1, 0.15) is 81.5 Å². The fourth-order valence-corrected chi connectivity index (χ4v) is 5.02. The van der Waals surface area contributed by atoms with Gasteiger partial charge < -0.3 is 5.73 Å². The van der Waals surface area contributed by atoms with Crippen LogP contribution in [0.5, 0.6) is 0 Å². The van der Waals surface area contributed by atoms with Crippen LogP contribution < -0.4 is 10.5 Å². The summed E-state index contributed by atoms with van der Waals surface area (Å²) in [5, 5.41) is 0.